The lowest BCUT2D eigenvalue weighted by Gasteiger charge is -2.30. The molecule has 0 spiro atoms. The first-order valence-electron chi connectivity index (χ1n) is 7.33. The molecule has 0 radical (unpaired) electrons. The van der Waals surface area contributed by atoms with Crippen molar-refractivity contribution < 1.29 is 24.6 Å². The van der Waals surface area contributed by atoms with E-state index in [0.29, 0.717) is 12.0 Å². The molecule has 22 heavy (non-hydrogen) atoms. The number of carboxylic acids is 2. The Balaban J connectivity index is 2.41. The van der Waals surface area contributed by atoms with Gasteiger partial charge in [-0.25, -0.2) is 4.79 Å². The van der Waals surface area contributed by atoms with Gasteiger partial charge in [0.25, 0.3) is 5.91 Å². The summed E-state index contributed by atoms with van der Waals surface area (Å²) < 4.78 is 0. The van der Waals surface area contributed by atoms with Crippen molar-refractivity contribution in [2.75, 3.05) is 0 Å². The fraction of sp³-hybridized carbons (Fsp3) is 0.438. The highest BCUT2D eigenvalue weighted by Gasteiger charge is 2.43. The number of rotatable bonds is 7. The van der Waals surface area contributed by atoms with Crippen molar-refractivity contribution in [1.82, 2.24) is 4.90 Å². The number of hydrogen-bond donors (Lipinski definition) is 2. The molecule has 1 aliphatic heterocycles. The van der Waals surface area contributed by atoms with E-state index in [2.05, 4.69) is 0 Å². The van der Waals surface area contributed by atoms with Crippen LogP contribution in [0.25, 0.3) is 0 Å². The Morgan fingerprint density at radius 1 is 1.27 bits per heavy atom. The normalized spacial score (nSPS) is 18.1. The van der Waals surface area contributed by atoms with E-state index in [1.807, 2.05) is 19.1 Å². The Labute approximate surface area is 128 Å². The molecule has 0 saturated carbocycles. The lowest BCUT2D eigenvalue weighted by Crippen LogP contribution is -2.44. The summed E-state index contributed by atoms with van der Waals surface area (Å²) in [5.41, 5.74) is 1.26. The van der Waals surface area contributed by atoms with E-state index < -0.39 is 30.3 Å². The zero-order chi connectivity index (χ0) is 16.3. The molecule has 6 nitrogen and oxygen atoms in total. The molecule has 0 aliphatic carbocycles. The van der Waals surface area contributed by atoms with Crippen LogP contribution in [0.15, 0.2) is 24.3 Å². The van der Waals surface area contributed by atoms with Crippen molar-refractivity contribution in [1.29, 1.82) is 0 Å². The number of aliphatic carboxylic acids is 2. The highest BCUT2D eigenvalue weighted by molar-refractivity contribution is 6.01. The summed E-state index contributed by atoms with van der Waals surface area (Å²) in [6, 6.07) is 5.29. The quantitative estimate of drug-likeness (QED) is 0.806. The van der Waals surface area contributed by atoms with Crippen molar-refractivity contribution in [3.05, 3.63) is 35.4 Å². The number of carboxylic acid groups (broad SMARTS) is 2. The van der Waals surface area contributed by atoms with Crippen LogP contribution >= 0.6 is 0 Å². The van der Waals surface area contributed by atoms with Gasteiger partial charge < -0.3 is 15.1 Å². The molecule has 118 valence electrons. The molecule has 1 amide bonds. The van der Waals surface area contributed by atoms with E-state index in [9.17, 15) is 19.5 Å². The molecule has 0 aromatic heterocycles. The maximum atomic E-state index is 12.6. The second kappa shape index (κ2) is 6.60. The van der Waals surface area contributed by atoms with E-state index in [0.717, 1.165) is 18.4 Å². The Kier molecular flexibility index (Phi) is 4.80. The van der Waals surface area contributed by atoms with Crippen LogP contribution in [0.3, 0.4) is 0 Å². The minimum Gasteiger partial charge on any atom is -0.481 e. The second-order valence-electron chi connectivity index (χ2n) is 5.41. The van der Waals surface area contributed by atoms with Crippen molar-refractivity contribution in [3.8, 4) is 0 Å². The molecular formula is C16H19NO5. The van der Waals surface area contributed by atoms with Crippen LogP contribution in [0.4, 0.5) is 0 Å². The van der Waals surface area contributed by atoms with E-state index >= 15 is 0 Å². The Hall–Kier alpha value is -2.37. The van der Waals surface area contributed by atoms with Crippen LogP contribution in [0, 0.1) is 0 Å². The van der Waals surface area contributed by atoms with Gasteiger partial charge in [-0.3, -0.25) is 9.59 Å². The fourth-order valence-electron chi connectivity index (χ4n) is 2.93. The highest BCUT2D eigenvalue weighted by Crippen LogP contribution is 2.39. The van der Waals surface area contributed by atoms with Crippen LogP contribution in [-0.2, 0) is 9.59 Å². The van der Waals surface area contributed by atoms with Gasteiger partial charge in [-0.1, -0.05) is 38.0 Å². The molecule has 1 aliphatic rings. The molecule has 1 aromatic carbocycles. The molecule has 2 unspecified atom stereocenters. The monoisotopic (exact) mass is 305 g/mol. The molecule has 1 aromatic rings. The standard InChI is InChI=1S/C16H19NO5/c1-2-3-8-12-10-6-4-5-7-11(10)15(20)17(12)13(16(21)22)9-14(18)19/h4-7,12-13H,2-3,8-9H2,1H3,(H,18,19)(H,21,22). The number of carbonyl (C=O) groups excluding carboxylic acids is 1. The predicted octanol–water partition coefficient (Wildman–Crippen LogP) is 2.30. The average molecular weight is 305 g/mol. The van der Waals surface area contributed by atoms with Crippen LogP contribution in [0.1, 0.15) is 54.6 Å². The SMILES string of the molecule is CCCCC1c2ccccc2C(=O)N1C(CC(=O)O)C(=O)O. The summed E-state index contributed by atoms with van der Waals surface area (Å²) >= 11 is 0. The minimum absolute atomic E-state index is 0.371. The smallest absolute Gasteiger partial charge is 0.327 e. The van der Waals surface area contributed by atoms with Crippen molar-refractivity contribution in [3.63, 3.8) is 0 Å². The van der Waals surface area contributed by atoms with Gasteiger partial charge in [0.1, 0.15) is 6.04 Å². The second-order valence-corrected chi connectivity index (χ2v) is 5.41. The fourth-order valence-corrected chi connectivity index (χ4v) is 2.93. The Morgan fingerprint density at radius 2 is 1.95 bits per heavy atom. The van der Waals surface area contributed by atoms with Gasteiger partial charge in [0.2, 0.25) is 0 Å². The van der Waals surface area contributed by atoms with E-state index in [1.165, 1.54) is 4.90 Å². The Morgan fingerprint density at radius 3 is 2.55 bits per heavy atom. The third-order valence-corrected chi connectivity index (χ3v) is 3.94. The van der Waals surface area contributed by atoms with Crippen molar-refractivity contribution in [2.45, 2.75) is 44.7 Å². The zero-order valence-corrected chi connectivity index (χ0v) is 12.4. The van der Waals surface area contributed by atoms with Gasteiger partial charge in [0.05, 0.1) is 12.5 Å². The molecule has 0 saturated heterocycles. The zero-order valence-electron chi connectivity index (χ0n) is 12.4. The maximum absolute atomic E-state index is 12.6. The average Bonchev–Trinajstić information content (AvgIpc) is 2.75. The van der Waals surface area contributed by atoms with E-state index in [1.54, 1.807) is 12.1 Å². The largest absolute Gasteiger partial charge is 0.481 e. The summed E-state index contributed by atoms with van der Waals surface area (Å²) in [5, 5.41) is 18.3. The predicted molar refractivity (Wildman–Crippen MR) is 78.6 cm³/mol. The minimum atomic E-state index is -1.35. The highest BCUT2D eigenvalue weighted by atomic mass is 16.4. The third kappa shape index (κ3) is 2.95. The summed E-state index contributed by atoms with van der Waals surface area (Å²) in [5.74, 6) is -2.92. The lowest BCUT2D eigenvalue weighted by molar-refractivity contribution is -0.149. The first kappa shape index (κ1) is 16.0. The number of carbonyl (C=O) groups is 3. The summed E-state index contributed by atoms with van der Waals surface area (Å²) in [4.78, 5) is 36.3. The first-order valence-corrected chi connectivity index (χ1v) is 7.33. The van der Waals surface area contributed by atoms with Gasteiger partial charge in [0.15, 0.2) is 0 Å². The molecule has 1 heterocycles. The van der Waals surface area contributed by atoms with Crippen LogP contribution in [0.5, 0.6) is 0 Å². The summed E-state index contributed by atoms with van der Waals surface area (Å²) in [6.07, 6.45) is 1.78. The molecule has 2 atom stereocenters. The van der Waals surface area contributed by atoms with Crippen LogP contribution in [-0.4, -0.2) is 39.0 Å². The van der Waals surface area contributed by atoms with E-state index in [-0.39, 0.29) is 6.04 Å². The molecular weight excluding hydrogens is 286 g/mol. The molecule has 0 bridgehead atoms. The molecule has 6 heteroatoms. The van der Waals surface area contributed by atoms with Crippen molar-refractivity contribution in [2.24, 2.45) is 0 Å². The molecule has 0 fully saturated rings. The van der Waals surface area contributed by atoms with Crippen LogP contribution in [0.2, 0.25) is 0 Å². The number of benzene rings is 1. The van der Waals surface area contributed by atoms with Gasteiger partial charge in [-0.15, -0.1) is 0 Å². The lowest BCUT2D eigenvalue weighted by atomic mass is 9.99. The van der Waals surface area contributed by atoms with Gasteiger partial charge >= 0.3 is 11.9 Å². The molecule has 2 rings (SSSR count). The summed E-state index contributed by atoms with van der Waals surface area (Å²) in [6.45, 7) is 2.01. The van der Waals surface area contributed by atoms with E-state index in [4.69, 9.17) is 5.11 Å². The van der Waals surface area contributed by atoms with Gasteiger partial charge in [-0.2, -0.15) is 0 Å². The van der Waals surface area contributed by atoms with Gasteiger partial charge in [-0.05, 0) is 18.1 Å². The third-order valence-electron chi connectivity index (χ3n) is 3.94. The van der Waals surface area contributed by atoms with Crippen molar-refractivity contribution >= 4 is 17.8 Å². The topological polar surface area (TPSA) is 94.9 Å². The summed E-state index contributed by atoms with van der Waals surface area (Å²) in [7, 11) is 0. The first-order chi connectivity index (χ1) is 10.5. The number of fused-ring (bicyclic) bond motifs is 1. The van der Waals surface area contributed by atoms with Crippen LogP contribution < -0.4 is 0 Å². The number of unbranched alkanes of at least 4 members (excludes halogenated alkanes) is 1. The number of nitrogens with zero attached hydrogens (tertiary/aromatic N) is 1. The molecule has 2 N–H and O–H groups in total. The maximum Gasteiger partial charge on any atom is 0.327 e. The number of hydrogen-bond acceptors (Lipinski definition) is 3. The number of amides is 1. The van der Waals surface area contributed by atoms with Gasteiger partial charge in [0, 0.05) is 5.56 Å². The Bertz CT molecular complexity index is 598.